The number of hydrogen-bond acceptors (Lipinski definition) is 6. The van der Waals surface area contributed by atoms with Gasteiger partial charge in [0, 0.05) is 50.7 Å². The minimum absolute atomic E-state index is 0.301. The van der Waals surface area contributed by atoms with Gasteiger partial charge in [-0.3, -0.25) is 0 Å². The van der Waals surface area contributed by atoms with Gasteiger partial charge in [-0.05, 0) is 54.4 Å². The first-order valence-electron chi connectivity index (χ1n) is 9.41. The molecule has 0 heterocycles. The van der Waals surface area contributed by atoms with Gasteiger partial charge in [0.2, 0.25) is 0 Å². The molecular weight excluding hydrogens is 344 g/mol. The van der Waals surface area contributed by atoms with Crippen LogP contribution in [0.5, 0.6) is 0 Å². The Morgan fingerprint density at radius 2 is 0.708 bits per heavy atom. The quantitative estimate of drug-likeness (QED) is 0.429. The first-order chi connectivity index (χ1) is 11.6. The van der Waals surface area contributed by atoms with Crippen molar-refractivity contribution >= 4 is 17.6 Å². The summed E-state index contributed by atoms with van der Waals surface area (Å²) in [6.45, 7) is 15.6. The van der Waals surface area contributed by atoms with Crippen molar-refractivity contribution in [1.82, 2.24) is 0 Å². The molecule has 0 amide bonds. The third kappa shape index (κ3) is 5.10. The van der Waals surface area contributed by atoms with Gasteiger partial charge in [-0.1, -0.05) is 0 Å². The molecule has 1 fully saturated rings. The van der Waals surface area contributed by atoms with Crippen LogP contribution in [0.2, 0.25) is 11.1 Å². The maximum absolute atomic E-state index is 6.04. The number of rotatable bonds is 14. The van der Waals surface area contributed by atoms with E-state index in [1.807, 2.05) is 41.5 Å². The summed E-state index contributed by atoms with van der Waals surface area (Å²) in [5, 5.41) is 0. The maximum atomic E-state index is 6.04. The molecule has 0 saturated heterocycles. The summed E-state index contributed by atoms with van der Waals surface area (Å²) >= 11 is 0. The van der Waals surface area contributed by atoms with Crippen molar-refractivity contribution in [3.63, 3.8) is 0 Å². The van der Waals surface area contributed by atoms with Crippen molar-refractivity contribution in [3.05, 3.63) is 0 Å². The van der Waals surface area contributed by atoms with Crippen molar-refractivity contribution < 1.29 is 26.6 Å². The smallest absolute Gasteiger partial charge is 0.374 e. The highest BCUT2D eigenvalue weighted by Crippen LogP contribution is 2.55. The van der Waals surface area contributed by atoms with Gasteiger partial charge in [-0.25, -0.2) is 0 Å². The third-order valence-electron chi connectivity index (χ3n) is 4.21. The average Bonchev–Trinajstić information content (AvgIpc) is 2.47. The fourth-order valence-corrected chi connectivity index (χ4v) is 10.5. The largest absolute Gasteiger partial charge is 0.504 e. The van der Waals surface area contributed by atoms with Gasteiger partial charge in [0.05, 0.1) is 0 Å². The van der Waals surface area contributed by atoms with Gasteiger partial charge in [-0.15, -0.1) is 0 Å². The maximum Gasteiger partial charge on any atom is 0.504 e. The molecule has 0 unspecified atom stereocenters. The van der Waals surface area contributed by atoms with Crippen LogP contribution in [0.3, 0.4) is 0 Å². The lowest BCUT2D eigenvalue weighted by Crippen LogP contribution is -2.59. The SMILES string of the molecule is CCO[Si](OCC)(OCC)C1CC([Si](OCC)(OCC)OCC)C1. The van der Waals surface area contributed by atoms with E-state index in [-0.39, 0.29) is 0 Å². The van der Waals surface area contributed by atoms with Gasteiger partial charge in [-0.2, -0.15) is 0 Å². The van der Waals surface area contributed by atoms with Crippen molar-refractivity contribution in [2.45, 2.75) is 65.5 Å². The molecule has 8 heteroatoms. The second-order valence-electron chi connectivity index (χ2n) is 5.67. The fourth-order valence-electron chi connectivity index (χ4n) is 3.36. The van der Waals surface area contributed by atoms with Crippen molar-refractivity contribution in [2.24, 2.45) is 0 Å². The Hall–Kier alpha value is 0.194. The summed E-state index contributed by atoms with van der Waals surface area (Å²) < 4.78 is 36.3. The van der Waals surface area contributed by atoms with E-state index in [2.05, 4.69) is 0 Å². The highest BCUT2D eigenvalue weighted by Gasteiger charge is 2.63. The summed E-state index contributed by atoms with van der Waals surface area (Å²) in [5.41, 5.74) is 0.603. The molecule has 1 saturated carbocycles. The average molecular weight is 381 g/mol. The van der Waals surface area contributed by atoms with Gasteiger partial charge in [0.15, 0.2) is 0 Å². The Bertz CT molecular complexity index is 274. The van der Waals surface area contributed by atoms with Crippen molar-refractivity contribution in [3.8, 4) is 0 Å². The zero-order valence-corrected chi connectivity index (χ0v) is 18.3. The van der Waals surface area contributed by atoms with E-state index < -0.39 is 17.6 Å². The molecule has 0 N–H and O–H groups in total. The van der Waals surface area contributed by atoms with Crippen LogP contribution in [0.1, 0.15) is 54.4 Å². The Morgan fingerprint density at radius 3 is 0.875 bits per heavy atom. The monoisotopic (exact) mass is 380 g/mol. The summed E-state index contributed by atoms with van der Waals surface area (Å²) in [4.78, 5) is 0. The minimum Gasteiger partial charge on any atom is -0.374 e. The van der Waals surface area contributed by atoms with Crippen molar-refractivity contribution in [1.29, 1.82) is 0 Å². The molecule has 24 heavy (non-hydrogen) atoms. The molecule has 1 aliphatic carbocycles. The van der Waals surface area contributed by atoms with E-state index in [0.29, 0.717) is 50.7 Å². The fraction of sp³-hybridized carbons (Fsp3) is 1.00. The lowest BCUT2D eigenvalue weighted by atomic mass is 9.98. The predicted molar refractivity (Wildman–Crippen MR) is 98.0 cm³/mol. The van der Waals surface area contributed by atoms with E-state index in [1.165, 1.54) is 0 Å². The molecule has 0 atom stereocenters. The van der Waals surface area contributed by atoms with Crippen LogP contribution < -0.4 is 0 Å². The molecule has 1 aliphatic rings. The first-order valence-corrected chi connectivity index (χ1v) is 13.0. The van der Waals surface area contributed by atoms with Crippen LogP contribution in [0.25, 0.3) is 0 Å². The lowest BCUT2D eigenvalue weighted by molar-refractivity contribution is 0.0286. The summed E-state index contributed by atoms with van der Waals surface area (Å²) in [6, 6.07) is 0. The summed E-state index contributed by atoms with van der Waals surface area (Å²) in [6.07, 6.45) is 1.86. The molecule has 0 spiro atoms. The molecule has 6 nitrogen and oxygen atoms in total. The van der Waals surface area contributed by atoms with Crippen LogP contribution in [0, 0.1) is 0 Å². The molecular formula is C16H36O6Si2. The zero-order chi connectivity index (χ0) is 18.1. The molecule has 0 bridgehead atoms. The molecule has 0 aromatic carbocycles. The summed E-state index contributed by atoms with van der Waals surface area (Å²) in [5.74, 6) is 0. The van der Waals surface area contributed by atoms with E-state index in [1.54, 1.807) is 0 Å². The Balaban J connectivity index is 2.86. The Kier molecular flexibility index (Phi) is 10.2. The van der Waals surface area contributed by atoms with Gasteiger partial charge in [0.1, 0.15) is 0 Å². The van der Waals surface area contributed by atoms with Crippen LogP contribution >= 0.6 is 0 Å². The standard InChI is InChI=1S/C16H36O6Si2/c1-7-17-23(18-8-2,19-9-3)15-13-16(14-15)24(20-10-4,21-11-5)22-12-6/h15-16H,7-14H2,1-6H3. The van der Waals surface area contributed by atoms with Crippen LogP contribution in [-0.4, -0.2) is 57.3 Å². The highest BCUT2D eigenvalue weighted by atomic mass is 28.4. The van der Waals surface area contributed by atoms with E-state index in [0.717, 1.165) is 12.8 Å². The number of hydrogen-bond donors (Lipinski definition) is 0. The van der Waals surface area contributed by atoms with Gasteiger partial charge < -0.3 is 26.6 Å². The molecule has 0 aromatic heterocycles. The highest BCUT2D eigenvalue weighted by molar-refractivity contribution is 6.66. The molecule has 144 valence electrons. The zero-order valence-electron chi connectivity index (χ0n) is 16.3. The van der Waals surface area contributed by atoms with Gasteiger partial charge >= 0.3 is 17.6 Å². The Morgan fingerprint density at radius 1 is 0.500 bits per heavy atom. The minimum atomic E-state index is -2.65. The topological polar surface area (TPSA) is 55.4 Å². The molecule has 0 aromatic rings. The van der Waals surface area contributed by atoms with Gasteiger partial charge in [0.25, 0.3) is 0 Å². The summed E-state index contributed by atoms with van der Waals surface area (Å²) in [7, 11) is -5.29. The first kappa shape index (κ1) is 22.2. The van der Waals surface area contributed by atoms with Crippen LogP contribution in [0.4, 0.5) is 0 Å². The normalized spacial score (nSPS) is 21.8. The van der Waals surface area contributed by atoms with E-state index in [4.69, 9.17) is 26.6 Å². The molecule has 0 aliphatic heterocycles. The van der Waals surface area contributed by atoms with Crippen LogP contribution in [-0.2, 0) is 26.6 Å². The third-order valence-corrected chi connectivity index (χ3v) is 11.3. The molecule has 0 radical (unpaired) electrons. The second-order valence-corrected chi connectivity index (χ2v) is 11.4. The van der Waals surface area contributed by atoms with E-state index in [9.17, 15) is 0 Å². The Labute approximate surface area is 149 Å². The molecule has 1 rings (SSSR count). The lowest BCUT2D eigenvalue weighted by Gasteiger charge is -2.48. The second kappa shape index (κ2) is 11.0. The predicted octanol–water partition coefficient (Wildman–Crippen LogP) is 3.62. The van der Waals surface area contributed by atoms with E-state index >= 15 is 0 Å². The van der Waals surface area contributed by atoms with Crippen molar-refractivity contribution in [2.75, 3.05) is 39.6 Å². The van der Waals surface area contributed by atoms with Crippen LogP contribution in [0.15, 0.2) is 0 Å².